The molecule has 0 amide bonds. The predicted octanol–water partition coefficient (Wildman–Crippen LogP) is 3.65. The van der Waals surface area contributed by atoms with E-state index < -0.39 is 11.7 Å². The van der Waals surface area contributed by atoms with Crippen LogP contribution in [0.2, 0.25) is 0 Å². The normalized spacial score (nSPS) is 12.3. The summed E-state index contributed by atoms with van der Waals surface area (Å²) in [4.78, 5) is 6.57. The zero-order chi connectivity index (χ0) is 11.2. The van der Waals surface area contributed by atoms with Gasteiger partial charge in [0.05, 0.1) is 5.56 Å². The summed E-state index contributed by atoms with van der Waals surface area (Å²) in [5, 5.41) is 0.122. The molecule has 80 valence electrons. The van der Waals surface area contributed by atoms with Crippen molar-refractivity contribution in [2.75, 3.05) is 0 Å². The molecule has 0 atom stereocenters. The van der Waals surface area contributed by atoms with Crippen molar-refractivity contribution >= 4 is 27.0 Å². The van der Waals surface area contributed by atoms with Crippen LogP contribution in [0.15, 0.2) is 16.9 Å². The highest BCUT2D eigenvalue weighted by Crippen LogP contribution is 2.39. The molecule has 0 aliphatic heterocycles. The lowest BCUT2D eigenvalue weighted by molar-refractivity contribution is -0.136. The van der Waals surface area contributed by atoms with Crippen molar-refractivity contribution in [1.82, 2.24) is 9.97 Å². The van der Waals surface area contributed by atoms with E-state index in [1.165, 1.54) is 6.20 Å². The van der Waals surface area contributed by atoms with E-state index in [9.17, 15) is 13.2 Å². The standard InChI is InChI=1S/C9H6BrF3N2/c1-4-2-14-8-6(4)7(9(11,12)13)5(10)3-15-8/h2-3H,1H3,(H,14,15). The fourth-order valence-corrected chi connectivity index (χ4v) is 2.03. The third kappa shape index (κ3) is 1.62. The number of rotatable bonds is 0. The average molecular weight is 279 g/mol. The maximum atomic E-state index is 12.8. The third-order valence-corrected chi connectivity index (χ3v) is 2.74. The highest BCUT2D eigenvalue weighted by atomic mass is 79.9. The molecule has 0 unspecified atom stereocenters. The lowest BCUT2D eigenvalue weighted by Gasteiger charge is -2.10. The zero-order valence-electron chi connectivity index (χ0n) is 7.61. The van der Waals surface area contributed by atoms with Gasteiger partial charge in [-0.1, -0.05) is 0 Å². The Kier molecular flexibility index (Phi) is 2.26. The van der Waals surface area contributed by atoms with Crippen molar-refractivity contribution in [3.8, 4) is 0 Å². The van der Waals surface area contributed by atoms with Crippen LogP contribution in [0.5, 0.6) is 0 Å². The second kappa shape index (κ2) is 3.23. The van der Waals surface area contributed by atoms with Gasteiger partial charge >= 0.3 is 6.18 Å². The minimum atomic E-state index is -4.38. The van der Waals surface area contributed by atoms with E-state index in [-0.39, 0.29) is 15.5 Å². The first-order chi connectivity index (χ1) is 6.91. The van der Waals surface area contributed by atoms with Gasteiger partial charge in [-0.15, -0.1) is 0 Å². The molecule has 6 heteroatoms. The molecule has 2 aromatic rings. The Morgan fingerprint density at radius 3 is 2.67 bits per heavy atom. The Morgan fingerprint density at radius 1 is 1.40 bits per heavy atom. The fourth-order valence-electron chi connectivity index (χ4n) is 1.51. The molecule has 0 aliphatic rings. The number of nitrogens with one attached hydrogen (secondary N) is 1. The van der Waals surface area contributed by atoms with Crippen LogP contribution in [0.1, 0.15) is 11.1 Å². The van der Waals surface area contributed by atoms with Gasteiger partial charge in [0.25, 0.3) is 0 Å². The van der Waals surface area contributed by atoms with Gasteiger partial charge in [-0.25, -0.2) is 4.98 Å². The molecule has 2 aromatic heterocycles. The van der Waals surface area contributed by atoms with Crippen LogP contribution in [0.4, 0.5) is 13.2 Å². The van der Waals surface area contributed by atoms with Crippen LogP contribution in [0, 0.1) is 6.92 Å². The summed E-state index contributed by atoms with van der Waals surface area (Å²) in [5.41, 5.74) is 0.111. The first kappa shape index (κ1) is 10.5. The molecule has 0 saturated heterocycles. The van der Waals surface area contributed by atoms with Crippen LogP contribution in [0.25, 0.3) is 11.0 Å². The minimum absolute atomic E-state index is 0.0369. The molecule has 0 aliphatic carbocycles. The highest BCUT2D eigenvalue weighted by molar-refractivity contribution is 9.10. The number of aryl methyl sites for hydroxylation is 1. The van der Waals surface area contributed by atoms with E-state index in [2.05, 4.69) is 25.9 Å². The van der Waals surface area contributed by atoms with Crippen LogP contribution < -0.4 is 0 Å². The zero-order valence-corrected chi connectivity index (χ0v) is 9.20. The largest absolute Gasteiger partial charge is 0.418 e. The quantitative estimate of drug-likeness (QED) is 0.783. The first-order valence-corrected chi connectivity index (χ1v) is 4.90. The maximum Gasteiger partial charge on any atom is 0.418 e. The number of aromatic nitrogens is 2. The molecule has 2 heterocycles. The van der Waals surface area contributed by atoms with Gasteiger partial charge in [-0.3, -0.25) is 0 Å². The van der Waals surface area contributed by atoms with Crippen molar-refractivity contribution in [3.05, 3.63) is 28.0 Å². The van der Waals surface area contributed by atoms with Crippen molar-refractivity contribution in [1.29, 1.82) is 0 Å². The van der Waals surface area contributed by atoms with Gasteiger partial charge in [0.2, 0.25) is 0 Å². The van der Waals surface area contributed by atoms with Gasteiger partial charge in [0.1, 0.15) is 5.65 Å². The second-order valence-corrected chi connectivity index (χ2v) is 4.03. The summed E-state index contributed by atoms with van der Waals surface area (Å²) < 4.78 is 38.3. The summed E-state index contributed by atoms with van der Waals surface area (Å²) in [6, 6.07) is 0. The van der Waals surface area contributed by atoms with Crippen molar-refractivity contribution in [3.63, 3.8) is 0 Å². The van der Waals surface area contributed by atoms with Crippen molar-refractivity contribution in [2.24, 2.45) is 0 Å². The molecule has 0 spiro atoms. The molecular weight excluding hydrogens is 273 g/mol. The van der Waals surface area contributed by atoms with E-state index in [0.717, 1.165) is 6.20 Å². The number of nitrogens with zero attached hydrogens (tertiary/aromatic N) is 1. The number of fused-ring (bicyclic) bond motifs is 1. The van der Waals surface area contributed by atoms with Crippen LogP contribution in [0.3, 0.4) is 0 Å². The Morgan fingerprint density at radius 2 is 2.07 bits per heavy atom. The van der Waals surface area contributed by atoms with E-state index in [4.69, 9.17) is 0 Å². The number of alkyl halides is 3. The fraction of sp³-hybridized carbons (Fsp3) is 0.222. The molecule has 0 aromatic carbocycles. The maximum absolute atomic E-state index is 12.8. The van der Waals surface area contributed by atoms with Gasteiger partial charge in [0, 0.05) is 22.3 Å². The third-order valence-electron chi connectivity index (χ3n) is 2.14. The van der Waals surface area contributed by atoms with Crippen LogP contribution in [-0.4, -0.2) is 9.97 Å². The Balaban J connectivity index is 2.90. The van der Waals surface area contributed by atoms with Gasteiger partial charge in [-0.05, 0) is 28.4 Å². The van der Waals surface area contributed by atoms with E-state index in [0.29, 0.717) is 5.56 Å². The number of aromatic amines is 1. The predicted molar refractivity (Wildman–Crippen MR) is 53.5 cm³/mol. The lowest BCUT2D eigenvalue weighted by atomic mass is 10.1. The molecule has 1 N–H and O–H groups in total. The Hall–Kier alpha value is -1.04. The summed E-state index contributed by atoms with van der Waals surface area (Å²) in [7, 11) is 0. The molecule has 2 rings (SSSR count). The SMILES string of the molecule is Cc1c[nH]c2ncc(Br)c(C(F)(F)F)c12. The Labute approximate surface area is 91.6 Å². The Bertz CT molecular complexity index is 516. The van der Waals surface area contributed by atoms with Gasteiger partial charge < -0.3 is 4.98 Å². The molecule has 2 nitrogen and oxygen atoms in total. The van der Waals surface area contributed by atoms with E-state index in [1.54, 1.807) is 6.92 Å². The molecular formula is C9H6BrF3N2. The van der Waals surface area contributed by atoms with E-state index >= 15 is 0 Å². The van der Waals surface area contributed by atoms with Crippen LogP contribution >= 0.6 is 15.9 Å². The first-order valence-electron chi connectivity index (χ1n) is 4.10. The topological polar surface area (TPSA) is 28.7 Å². The second-order valence-electron chi connectivity index (χ2n) is 3.17. The number of pyridine rings is 1. The van der Waals surface area contributed by atoms with Gasteiger partial charge in [0.15, 0.2) is 0 Å². The monoisotopic (exact) mass is 278 g/mol. The minimum Gasteiger partial charge on any atom is -0.346 e. The number of hydrogen-bond acceptors (Lipinski definition) is 1. The number of halogens is 4. The number of hydrogen-bond donors (Lipinski definition) is 1. The number of H-pyrrole nitrogens is 1. The molecule has 0 radical (unpaired) electrons. The smallest absolute Gasteiger partial charge is 0.346 e. The summed E-state index contributed by atoms with van der Waals surface area (Å²) in [6.45, 7) is 1.61. The molecule has 0 bridgehead atoms. The summed E-state index contributed by atoms with van der Waals surface area (Å²) in [5.74, 6) is 0. The summed E-state index contributed by atoms with van der Waals surface area (Å²) >= 11 is 2.88. The summed E-state index contributed by atoms with van der Waals surface area (Å²) in [6.07, 6.45) is -1.71. The lowest BCUT2D eigenvalue weighted by Crippen LogP contribution is -2.07. The highest BCUT2D eigenvalue weighted by Gasteiger charge is 2.36. The molecule has 0 saturated carbocycles. The van der Waals surface area contributed by atoms with Crippen molar-refractivity contribution < 1.29 is 13.2 Å². The molecule has 15 heavy (non-hydrogen) atoms. The van der Waals surface area contributed by atoms with Crippen LogP contribution in [-0.2, 0) is 6.18 Å². The van der Waals surface area contributed by atoms with E-state index in [1.807, 2.05) is 0 Å². The molecule has 0 fully saturated rings. The average Bonchev–Trinajstić information content (AvgIpc) is 2.46. The van der Waals surface area contributed by atoms with Gasteiger partial charge in [-0.2, -0.15) is 13.2 Å². The van der Waals surface area contributed by atoms with Crippen molar-refractivity contribution in [2.45, 2.75) is 13.1 Å².